The molecule has 0 spiro atoms. The Hall–Kier alpha value is -0.740. The minimum atomic E-state index is -0.984. The zero-order valence-electron chi connectivity index (χ0n) is 7.59. The molecule has 0 aromatic heterocycles. The molecule has 0 saturated carbocycles. The minimum absolute atomic E-state index is 0.00192. The van der Waals surface area contributed by atoms with Crippen LogP contribution >= 0.6 is 23.2 Å². The lowest BCUT2D eigenvalue weighted by Gasteiger charge is -2.13. The van der Waals surface area contributed by atoms with Crippen molar-refractivity contribution >= 4 is 34.6 Å². The van der Waals surface area contributed by atoms with Crippen molar-refractivity contribution in [2.75, 3.05) is 12.5 Å². The highest BCUT2D eigenvalue weighted by atomic mass is 35.5. The van der Waals surface area contributed by atoms with Crippen LogP contribution in [0.15, 0.2) is 12.2 Å². The molecule has 0 fully saturated rings. The molecule has 4 nitrogen and oxygen atoms in total. The Kier molecular flexibility index (Phi) is 6.32. The van der Waals surface area contributed by atoms with Crippen molar-refractivity contribution in [3.05, 3.63) is 12.2 Å². The van der Waals surface area contributed by atoms with Crippen LogP contribution in [-0.2, 0) is 14.3 Å². The molecule has 1 atom stereocenters. The van der Waals surface area contributed by atoms with Crippen LogP contribution in [0.4, 0.5) is 4.79 Å². The summed E-state index contributed by atoms with van der Waals surface area (Å²) in [4.78, 5) is 21.2. The van der Waals surface area contributed by atoms with E-state index in [1.807, 2.05) is 0 Å². The summed E-state index contributed by atoms with van der Waals surface area (Å²) in [6, 6.07) is 0. The predicted molar refractivity (Wildman–Crippen MR) is 52.6 cm³/mol. The zero-order valence-corrected chi connectivity index (χ0v) is 9.10. The quantitative estimate of drug-likeness (QED) is 0.320. The Morgan fingerprint density at radius 3 is 2.43 bits per heavy atom. The second kappa shape index (κ2) is 6.68. The van der Waals surface area contributed by atoms with Crippen molar-refractivity contribution in [3.63, 3.8) is 0 Å². The summed E-state index contributed by atoms with van der Waals surface area (Å²) in [6.45, 7) is 4.75. The van der Waals surface area contributed by atoms with E-state index in [2.05, 4.69) is 11.3 Å². The van der Waals surface area contributed by atoms with E-state index < -0.39 is 17.5 Å². The molecule has 0 bridgehead atoms. The predicted octanol–water partition coefficient (Wildman–Crippen LogP) is 2.09. The smallest absolute Gasteiger partial charge is 0.404 e. The van der Waals surface area contributed by atoms with E-state index in [1.54, 1.807) is 0 Å². The number of esters is 1. The van der Waals surface area contributed by atoms with Crippen molar-refractivity contribution in [2.24, 2.45) is 0 Å². The SMILES string of the molecule is C=C(C)C(=O)OCC(CCl)OC(=O)Cl. The number of carbonyl (C=O) groups is 2. The maximum atomic E-state index is 10.9. The van der Waals surface area contributed by atoms with E-state index in [4.69, 9.17) is 27.9 Å². The highest BCUT2D eigenvalue weighted by Gasteiger charge is 2.14. The first-order chi connectivity index (χ1) is 6.47. The van der Waals surface area contributed by atoms with Gasteiger partial charge in [0, 0.05) is 17.2 Å². The van der Waals surface area contributed by atoms with Gasteiger partial charge in [-0.15, -0.1) is 11.6 Å². The molecule has 0 aliphatic carbocycles. The third kappa shape index (κ3) is 5.83. The molecule has 0 saturated heterocycles. The molecule has 0 N–H and O–H groups in total. The molecule has 1 unspecified atom stereocenters. The molecule has 0 radical (unpaired) electrons. The number of alkyl halides is 1. The first-order valence-corrected chi connectivity index (χ1v) is 4.63. The van der Waals surface area contributed by atoms with E-state index in [0.29, 0.717) is 0 Å². The Labute approximate surface area is 91.8 Å². The highest BCUT2D eigenvalue weighted by molar-refractivity contribution is 6.61. The van der Waals surface area contributed by atoms with Gasteiger partial charge in [-0.3, -0.25) is 0 Å². The average Bonchev–Trinajstić information content (AvgIpc) is 2.10. The van der Waals surface area contributed by atoms with E-state index in [0.717, 1.165) is 0 Å². The fourth-order valence-electron chi connectivity index (χ4n) is 0.533. The first kappa shape index (κ1) is 13.3. The van der Waals surface area contributed by atoms with Crippen LogP contribution in [0.3, 0.4) is 0 Å². The van der Waals surface area contributed by atoms with Crippen molar-refractivity contribution in [2.45, 2.75) is 13.0 Å². The van der Waals surface area contributed by atoms with Gasteiger partial charge in [0.2, 0.25) is 0 Å². The van der Waals surface area contributed by atoms with Gasteiger partial charge in [0.1, 0.15) is 6.61 Å². The second-order valence-electron chi connectivity index (χ2n) is 2.51. The maximum absolute atomic E-state index is 10.9. The molecule has 0 amide bonds. The summed E-state index contributed by atoms with van der Waals surface area (Å²) in [5, 5.41) is 0. The third-order valence-electron chi connectivity index (χ3n) is 1.18. The second-order valence-corrected chi connectivity index (χ2v) is 3.13. The minimum Gasteiger partial charge on any atom is -0.458 e. The molecule has 14 heavy (non-hydrogen) atoms. The monoisotopic (exact) mass is 240 g/mol. The lowest BCUT2D eigenvalue weighted by molar-refractivity contribution is -0.141. The van der Waals surface area contributed by atoms with E-state index in [-0.39, 0.29) is 18.1 Å². The number of hydrogen-bond donors (Lipinski definition) is 0. The Morgan fingerprint density at radius 2 is 2.07 bits per heavy atom. The van der Waals surface area contributed by atoms with Crippen LogP contribution in [-0.4, -0.2) is 30.0 Å². The van der Waals surface area contributed by atoms with E-state index in [1.165, 1.54) is 6.92 Å². The summed E-state index contributed by atoms with van der Waals surface area (Å²) in [5.41, 5.74) is -0.724. The number of ether oxygens (including phenoxy) is 2. The standard InChI is InChI=1S/C8H10Cl2O4/c1-5(2)7(11)13-4-6(3-9)14-8(10)12/h6H,1,3-4H2,2H3. The molecule has 0 aliphatic heterocycles. The Bertz CT molecular complexity index is 239. The lowest BCUT2D eigenvalue weighted by Crippen LogP contribution is -2.24. The van der Waals surface area contributed by atoms with Crippen LogP contribution in [0.25, 0.3) is 0 Å². The molecule has 0 rings (SSSR count). The average molecular weight is 241 g/mol. The van der Waals surface area contributed by atoms with Gasteiger partial charge in [0.15, 0.2) is 6.10 Å². The van der Waals surface area contributed by atoms with Gasteiger partial charge >= 0.3 is 11.4 Å². The fraction of sp³-hybridized carbons (Fsp3) is 0.500. The summed E-state index contributed by atoms with van der Waals surface area (Å²) in [5.74, 6) is -0.562. The Morgan fingerprint density at radius 1 is 1.50 bits per heavy atom. The summed E-state index contributed by atoms with van der Waals surface area (Å²) >= 11 is 10.4. The van der Waals surface area contributed by atoms with Gasteiger partial charge in [0.25, 0.3) is 0 Å². The van der Waals surface area contributed by atoms with Crippen molar-refractivity contribution in [3.8, 4) is 0 Å². The lowest BCUT2D eigenvalue weighted by atomic mass is 10.3. The van der Waals surface area contributed by atoms with Crippen LogP contribution in [0.5, 0.6) is 0 Å². The van der Waals surface area contributed by atoms with Gasteiger partial charge in [-0.2, -0.15) is 0 Å². The zero-order chi connectivity index (χ0) is 11.1. The molecule has 0 heterocycles. The summed E-state index contributed by atoms with van der Waals surface area (Å²) in [6.07, 6.45) is -0.732. The summed E-state index contributed by atoms with van der Waals surface area (Å²) < 4.78 is 9.22. The van der Waals surface area contributed by atoms with Crippen molar-refractivity contribution in [1.82, 2.24) is 0 Å². The van der Waals surface area contributed by atoms with Gasteiger partial charge < -0.3 is 9.47 Å². The van der Waals surface area contributed by atoms with Crippen LogP contribution in [0.1, 0.15) is 6.92 Å². The van der Waals surface area contributed by atoms with Crippen LogP contribution < -0.4 is 0 Å². The molecule has 0 aliphatic rings. The topological polar surface area (TPSA) is 52.6 Å². The van der Waals surface area contributed by atoms with Gasteiger partial charge in [-0.25, -0.2) is 9.59 Å². The Balaban J connectivity index is 3.89. The van der Waals surface area contributed by atoms with Crippen LogP contribution in [0, 0.1) is 0 Å². The first-order valence-electron chi connectivity index (χ1n) is 3.72. The number of halogens is 2. The molecule has 6 heteroatoms. The molecule has 0 aromatic carbocycles. The maximum Gasteiger partial charge on any atom is 0.404 e. The molecular formula is C8H10Cl2O4. The molecule has 80 valence electrons. The fourth-order valence-corrected chi connectivity index (χ4v) is 0.811. The van der Waals surface area contributed by atoms with Gasteiger partial charge in [0.05, 0.1) is 5.88 Å². The van der Waals surface area contributed by atoms with E-state index in [9.17, 15) is 9.59 Å². The number of rotatable bonds is 5. The van der Waals surface area contributed by atoms with Gasteiger partial charge in [-0.1, -0.05) is 6.58 Å². The van der Waals surface area contributed by atoms with Gasteiger partial charge in [-0.05, 0) is 6.92 Å². The number of hydrogen-bond acceptors (Lipinski definition) is 4. The van der Waals surface area contributed by atoms with Crippen molar-refractivity contribution < 1.29 is 19.1 Å². The third-order valence-corrected chi connectivity index (χ3v) is 1.61. The molecule has 0 aromatic rings. The number of carbonyl (C=O) groups excluding carboxylic acids is 2. The highest BCUT2D eigenvalue weighted by Crippen LogP contribution is 2.02. The normalized spacial score (nSPS) is 11.6. The molecular weight excluding hydrogens is 231 g/mol. The van der Waals surface area contributed by atoms with E-state index >= 15 is 0 Å². The van der Waals surface area contributed by atoms with Crippen LogP contribution in [0.2, 0.25) is 0 Å². The largest absolute Gasteiger partial charge is 0.458 e. The summed E-state index contributed by atoms with van der Waals surface area (Å²) in [7, 11) is 0. The van der Waals surface area contributed by atoms with Crippen molar-refractivity contribution in [1.29, 1.82) is 0 Å².